The van der Waals surface area contributed by atoms with Crippen molar-refractivity contribution in [2.75, 3.05) is 19.8 Å². The average molecular weight is 309 g/mol. The van der Waals surface area contributed by atoms with Crippen molar-refractivity contribution in [3.8, 4) is 11.8 Å². The third-order valence-electron chi connectivity index (χ3n) is 3.24. The van der Waals surface area contributed by atoms with Gasteiger partial charge in [-0.05, 0) is 37.5 Å². The van der Waals surface area contributed by atoms with E-state index in [1.807, 2.05) is 0 Å². The van der Waals surface area contributed by atoms with Crippen molar-refractivity contribution in [2.45, 2.75) is 30.3 Å². The van der Waals surface area contributed by atoms with E-state index in [4.69, 9.17) is 9.84 Å². The molecular formula is C15H19NO4S. The van der Waals surface area contributed by atoms with E-state index in [9.17, 15) is 8.42 Å². The van der Waals surface area contributed by atoms with Gasteiger partial charge in [0.15, 0.2) is 0 Å². The first-order valence-corrected chi connectivity index (χ1v) is 8.41. The van der Waals surface area contributed by atoms with Gasteiger partial charge >= 0.3 is 0 Å². The maximum absolute atomic E-state index is 12.2. The van der Waals surface area contributed by atoms with E-state index < -0.39 is 10.0 Å². The lowest BCUT2D eigenvalue weighted by molar-refractivity contribution is 0.105. The second-order valence-corrected chi connectivity index (χ2v) is 6.58. The predicted molar refractivity (Wildman–Crippen MR) is 79.2 cm³/mol. The summed E-state index contributed by atoms with van der Waals surface area (Å²) >= 11 is 0. The van der Waals surface area contributed by atoms with Crippen LogP contribution in [0.15, 0.2) is 29.2 Å². The summed E-state index contributed by atoms with van der Waals surface area (Å²) in [5.74, 6) is 5.19. The molecule has 1 unspecified atom stereocenters. The van der Waals surface area contributed by atoms with E-state index in [1.54, 1.807) is 12.1 Å². The number of aliphatic hydroxyl groups is 1. The number of sulfonamides is 1. The normalized spacial score (nSPS) is 18.2. The molecule has 1 fully saturated rings. The monoisotopic (exact) mass is 309 g/mol. The number of hydrogen-bond donors (Lipinski definition) is 2. The lowest BCUT2D eigenvalue weighted by Crippen LogP contribution is -2.27. The van der Waals surface area contributed by atoms with Gasteiger partial charge in [0.1, 0.15) is 6.61 Å². The molecule has 1 heterocycles. The van der Waals surface area contributed by atoms with Crippen molar-refractivity contribution >= 4 is 10.0 Å². The molecule has 2 N–H and O–H groups in total. The van der Waals surface area contributed by atoms with Gasteiger partial charge in [0, 0.05) is 18.7 Å². The van der Waals surface area contributed by atoms with Gasteiger partial charge < -0.3 is 9.84 Å². The van der Waals surface area contributed by atoms with E-state index >= 15 is 0 Å². The van der Waals surface area contributed by atoms with Crippen molar-refractivity contribution < 1.29 is 18.3 Å². The first-order valence-electron chi connectivity index (χ1n) is 6.93. The summed E-state index contributed by atoms with van der Waals surface area (Å²) in [6.45, 7) is 0.874. The van der Waals surface area contributed by atoms with Crippen LogP contribution in [0.3, 0.4) is 0 Å². The molecule has 1 atom stereocenters. The smallest absolute Gasteiger partial charge is 0.240 e. The fourth-order valence-electron chi connectivity index (χ4n) is 2.19. The van der Waals surface area contributed by atoms with E-state index in [1.165, 1.54) is 12.1 Å². The highest BCUT2D eigenvalue weighted by Crippen LogP contribution is 2.15. The maximum atomic E-state index is 12.2. The fourth-order valence-corrected chi connectivity index (χ4v) is 3.29. The average Bonchev–Trinajstić information content (AvgIpc) is 2.98. The molecule has 5 nitrogen and oxygen atoms in total. The molecule has 6 heteroatoms. The Morgan fingerprint density at radius 1 is 1.43 bits per heavy atom. The summed E-state index contributed by atoms with van der Waals surface area (Å²) in [5.41, 5.74) is 0.561. The minimum absolute atomic E-state index is 0.162. The van der Waals surface area contributed by atoms with Crippen LogP contribution in [-0.2, 0) is 14.8 Å². The molecule has 2 rings (SSSR count). The lowest BCUT2D eigenvalue weighted by Gasteiger charge is -2.10. The molecule has 0 amide bonds. The minimum atomic E-state index is -3.54. The van der Waals surface area contributed by atoms with Crippen molar-refractivity contribution in [3.63, 3.8) is 0 Å². The second-order valence-electron chi connectivity index (χ2n) is 4.81. The van der Waals surface area contributed by atoms with Gasteiger partial charge in [-0.1, -0.05) is 17.9 Å². The summed E-state index contributed by atoms with van der Waals surface area (Å²) in [4.78, 5) is 0.180. The molecule has 1 aliphatic rings. The summed E-state index contributed by atoms with van der Waals surface area (Å²) < 4.78 is 32.4. The lowest BCUT2D eigenvalue weighted by atomic mass is 10.2. The molecule has 1 aromatic rings. The molecule has 114 valence electrons. The van der Waals surface area contributed by atoms with Crippen LogP contribution in [0.4, 0.5) is 0 Å². The minimum Gasteiger partial charge on any atom is -0.384 e. The Hall–Kier alpha value is -1.39. The highest BCUT2D eigenvalue weighted by atomic mass is 32.2. The molecule has 0 radical (unpaired) electrons. The molecule has 0 aliphatic carbocycles. The second kappa shape index (κ2) is 7.57. The summed E-state index contributed by atoms with van der Waals surface area (Å²) in [6, 6.07) is 6.36. The van der Waals surface area contributed by atoms with Gasteiger partial charge in [-0.2, -0.15) is 0 Å². The predicted octanol–water partition coefficient (Wildman–Crippen LogP) is 0.878. The van der Waals surface area contributed by atoms with Gasteiger partial charge in [0.25, 0.3) is 0 Å². The zero-order chi connectivity index (χ0) is 15.1. The molecule has 1 aliphatic heterocycles. The molecule has 21 heavy (non-hydrogen) atoms. The molecule has 0 aromatic heterocycles. The Balaban J connectivity index is 1.97. The van der Waals surface area contributed by atoms with Gasteiger partial charge in [0.2, 0.25) is 10.0 Å². The molecule has 0 bridgehead atoms. The third kappa shape index (κ3) is 4.83. The van der Waals surface area contributed by atoms with Crippen LogP contribution in [-0.4, -0.2) is 39.4 Å². The Kier molecular flexibility index (Phi) is 5.76. The van der Waals surface area contributed by atoms with Crippen LogP contribution in [0.2, 0.25) is 0 Å². The number of rotatable bonds is 5. The van der Waals surface area contributed by atoms with Gasteiger partial charge in [-0.25, -0.2) is 13.1 Å². The fraction of sp³-hybridized carbons (Fsp3) is 0.467. The molecule has 1 aromatic carbocycles. The van der Waals surface area contributed by atoms with E-state index in [-0.39, 0.29) is 17.6 Å². The van der Waals surface area contributed by atoms with Crippen LogP contribution in [0, 0.1) is 11.8 Å². The van der Waals surface area contributed by atoms with Crippen LogP contribution >= 0.6 is 0 Å². The largest absolute Gasteiger partial charge is 0.384 e. The van der Waals surface area contributed by atoms with Crippen LogP contribution in [0.1, 0.15) is 24.8 Å². The first-order chi connectivity index (χ1) is 10.1. The molecule has 0 saturated carbocycles. The summed E-state index contributed by atoms with van der Waals surface area (Å²) in [6.07, 6.45) is 2.88. The van der Waals surface area contributed by atoms with Crippen LogP contribution in [0.5, 0.6) is 0 Å². The topological polar surface area (TPSA) is 75.6 Å². The molecule has 1 saturated heterocycles. The van der Waals surface area contributed by atoms with E-state index in [0.29, 0.717) is 18.5 Å². The Bertz CT molecular complexity index is 625. The van der Waals surface area contributed by atoms with Gasteiger partial charge in [0.05, 0.1) is 11.0 Å². The van der Waals surface area contributed by atoms with Crippen molar-refractivity contribution in [3.05, 3.63) is 29.8 Å². The SMILES string of the molecule is O=S(=O)(NCCC1CCCO1)c1cccc(C#CCO)c1. The summed E-state index contributed by atoms with van der Waals surface area (Å²) in [5, 5.41) is 8.66. The quantitative estimate of drug-likeness (QED) is 0.792. The molecule has 0 spiro atoms. The highest BCUT2D eigenvalue weighted by molar-refractivity contribution is 7.89. The van der Waals surface area contributed by atoms with Crippen molar-refractivity contribution in [2.24, 2.45) is 0 Å². The maximum Gasteiger partial charge on any atom is 0.240 e. The van der Waals surface area contributed by atoms with Crippen LogP contribution in [0.25, 0.3) is 0 Å². The number of nitrogens with one attached hydrogen (secondary N) is 1. The zero-order valence-corrected chi connectivity index (χ0v) is 12.5. The Labute approximate surface area is 125 Å². The van der Waals surface area contributed by atoms with E-state index in [2.05, 4.69) is 16.6 Å². The third-order valence-corrected chi connectivity index (χ3v) is 4.70. The highest BCUT2D eigenvalue weighted by Gasteiger charge is 2.18. The standard InChI is InChI=1S/C15H19NO4S/c17-10-2-5-13-4-1-7-15(12-13)21(18,19)16-9-8-14-6-3-11-20-14/h1,4,7,12,14,16-17H,3,6,8-11H2. The number of hydrogen-bond acceptors (Lipinski definition) is 4. The Morgan fingerprint density at radius 3 is 3.00 bits per heavy atom. The molecular weight excluding hydrogens is 290 g/mol. The van der Waals surface area contributed by atoms with E-state index in [0.717, 1.165) is 19.4 Å². The number of benzene rings is 1. The zero-order valence-electron chi connectivity index (χ0n) is 11.7. The van der Waals surface area contributed by atoms with Crippen molar-refractivity contribution in [1.82, 2.24) is 4.72 Å². The number of ether oxygens (including phenoxy) is 1. The first kappa shape index (κ1) is 16.0. The van der Waals surface area contributed by atoms with Gasteiger partial charge in [-0.3, -0.25) is 0 Å². The number of aliphatic hydroxyl groups excluding tert-OH is 1. The Morgan fingerprint density at radius 2 is 2.29 bits per heavy atom. The van der Waals surface area contributed by atoms with Crippen LogP contribution < -0.4 is 4.72 Å². The van der Waals surface area contributed by atoms with Crippen molar-refractivity contribution in [1.29, 1.82) is 0 Å². The van der Waals surface area contributed by atoms with Gasteiger partial charge in [-0.15, -0.1) is 0 Å². The summed E-state index contributed by atoms with van der Waals surface area (Å²) in [7, 11) is -3.54.